The fraction of sp³-hybridized carbons (Fsp3) is 0.846. The number of nitrogens with one attached hydrogen (secondary N) is 2. The third kappa shape index (κ3) is 7.22. The number of urea groups is 1. The van der Waals surface area contributed by atoms with Gasteiger partial charge in [0.25, 0.3) is 6.43 Å². The number of halogens is 2. The molecule has 1 rings (SSSR count). The summed E-state index contributed by atoms with van der Waals surface area (Å²) < 4.78 is 28.2. The number of carboxylic acid groups (broad SMARTS) is 1. The SMILES string of the molecule is O=C(NCCOCC(F)F)NC(C(=O)O)C1CCCCC1. The van der Waals surface area contributed by atoms with E-state index in [1.165, 1.54) is 0 Å². The van der Waals surface area contributed by atoms with E-state index < -0.39 is 31.1 Å². The van der Waals surface area contributed by atoms with Crippen LogP contribution in [0.25, 0.3) is 0 Å². The Bertz CT molecular complexity index is 336. The van der Waals surface area contributed by atoms with E-state index in [0.29, 0.717) is 0 Å². The number of amides is 2. The number of rotatable bonds is 8. The molecule has 3 N–H and O–H groups in total. The lowest BCUT2D eigenvalue weighted by Gasteiger charge is -2.28. The molecule has 0 aliphatic heterocycles. The van der Waals surface area contributed by atoms with Crippen LogP contribution in [-0.4, -0.2) is 49.3 Å². The lowest BCUT2D eigenvalue weighted by molar-refractivity contribution is -0.141. The quantitative estimate of drug-likeness (QED) is 0.594. The van der Waals surface area contributed by atoms with Crippen LogP contribution in [0.2, 0.25) is 0 Å². The zero-order valence-corrected chi connectivity index (χ0v) is 11.8. The van der Waals surface area contributed by atoms with E-state index in [1.54, 1.807) is 0 Å². The standard InChI is InChI=1S/C13H22F2N2O4/c14-10(15)8-21-7-6-16-13(20)17-11(12(18)19)9-4-2-1-3-5-9/h9-11H,1-8H2,(H,18,19)(H2,16,17,20). The van der Waals surface area contributed by atoms with Gasteiger partial charge in [0.2, 0.25) is 0 Å². The molecule has 0 aromatic rings. The van der Waals surface area contributed by atoms with E-state index in [2.05, 4.69) is 15.4 Å². The monoisotopic (exact) mass is 308 g/mol. The predicted molar refractivity (Wildman–Crippen MR) is 71.4 cm³/mol. The molecule has 1 aliphatic rings. The number of aliphatic carboxylic acids is 1. The largest absolute Gasteiger partial charge is 0.480 e. The van der Waals surface area contributed by atoms with Crippen molar-refractivity contribution < 1.29 is 28.2 Å². The molecule has 21 heavy (non-hydrogen) atoms. The number of ether oxygens (including phenoxy) is 1. The lowest BCUT2D eigenvalue weighted by Crippen LogP contribution is -2.50. The second kappa shape index (κ2) is 9.49. The van der Waals surface area contributed by atoms with E-state index in [-0.39, 0.29) is 19.1 Å². The summed E-state index contributed by atoms with van der Waals surface area (Å²) in [5, 5.41) is 14.0. The van der Waals surface area contributed by atoms with Crippen molar-refractivity contribution in [2.45, 2.75) is 44.6 Å². The Hall–Kier alpha value is -1.44. The molecule has 0 aromatic carbocycles. The van der Waals surface area contributed by atoms with E-state index in [1.807, 2.05) is 0 Å². The molecule has 0 spiro atoms. The van der Waals surface area contributed by atoms with Crippen molar-refractivity contribution in [1.82, 2.24) is 10.6 Å². The molecule has 0 saturated heterocycles. The molecule has 1 atom stereocenters. The number of carbonyl (C=O) groups is 2. The molecule has 1 aliphatic carbocycles. The smallest absolute Gasteiger partial charge is 0.326 e. The van der Waals surface area contributed by atoms with Crippen LogP contribution in [0.5, 0.6) is 0 Å². The lowest BCUT2D eigenvalue weighted by atomic mass is 9.84. The summed E-state index contributed by atoms with van der Waals surface area (Å²) in [5.74, 6) is -1.11. The van der Waals surface area contributed by atoms with Crippen LogP contribution < -0.4 is 10.6 Å². The minimum absolute atomic E-state index is 0.0427. The second-order valence-electron chi connectivity index (χ2n) is 5.08. The average molecular weight is 308 g/mol. The maximum atomic E-state index is 11.8. The molecule has 0 radical (unpaired) electrons. The number of carboxylic acids is 1. The topological polar surface area (TPSA) is 87.7 Å². The van der Waals surface area contributed by atoms with Crippen LogP contribution in [0.3, 0.4) is 0 Å². The maximum absolute atomic E-state index is 11.8. The summed E-state index contributed by atoms with van der Waals surface area (Å²) in [7, 11) is 0. The van der Waals surface area contributed by atoms with Gasteiger partial charge in [-0.15, -0.1) is 0 Å². The molecular weight excluding hydrogens is 286 g/mol. The first-order valence-electron chi connectivity index (χ1n) is 7.13. The van der Waals surface area contributed by atoms with Gasteiger partial charge in [0.05, 0.1) is 6.61 Å². The fourth-order valence-electron chi connectivity index (χ4n) is 2.45. The molecule has 0 bridgehead atoms. The number of hydrogen-bond donors (Lipinski definition) is 3. The Morgan fingerprint density at radius 2 is 1.90 bits per heavy atom. The summed E-state index contributed by atoms with van der Waals surface area (Å²) in [6.45, 7) is -0.669. The van der Waals surface area contributed by atoms with Crippen molar-refractivity contribution in [1.29, 1.82) is 0 Å². The minimum Gasteiger partial charge on any atom is -0.480 e. The van der Waals surface area contributed by atoms with Gasteiger partial charge in [0.15, 0.2) is 0 Å². The molecule has 1 saturated carbocycles. The highest BCUT2D eigenvalue weighted by Gasteiger charge is 2.30. The summed E-state index contributed by atoms with van der Waals surface area (Å²) in [4.78, 5) is 22.8. The van der Waals surface area contributed by atoms with Gasteiger partial charge in [-0.1, -0.05) is 19.3 Å². The van der Waals surface area contributed by atoms with Gasteiger partial charge in [-0.3, -0.25) is 0 Å². The van der Waals surface area contributed by atoms with Crippen molar-refractivity contribution in [2.24, 2.45) is 5.92 Å². The van der Waals surface area contributed by atoms with Crippen LogP contribution >= 0.6 is 0 Å². The highest BCUT2D eigenvalue weighted by atomic mass is 19.3. The Morgan fingerprint density at radius 1 is 1.24 bits per heavy atom. The van der Waals surface area contributed by atoms with Crippen molar-refractivity contribution in [3.05, 3.63) is 0 Å². The Morgan fingerprint density at radius 3 is 2.48 bits per heavy atom. The van der Waals surface area contributed by atoms with Gasteiger partial charge < -0.3 is 20.5 Å². The molecule has 1 unspecified atom stereocenters. The average Bonchev–Trinajstić information content (AvgIpc) is 2.44. The van der Waals surface area contributed by atoms with Crippen LogP contribution in [0, 0.1) is 5.92 Å². The zero-order valence-electron chi connectivity index (χ0n) is 11.8. The van der Waals surface area contributed by atoms with Crippen LogP contribution in [0.15, 0.2) is 0 Å². The van der Waals surface area contributed by atoms with Gasteiger partial charge in [-0.2, -0.15) is 0 Å². The first kappa shape index (κ1) is 17.6. The summed E-state index contributed by atoms with van der Waals surface area (Å²) >= 11 is 0. The molecule has 0 heterocycles. The molecule has 1 fully saturated rings. The first-order valence-corrected chi connectivity index (χ1v) is 7.13. The van der Waals surface area contributed by atoms with Crippen molar-refractivity contribution in [3.63, 3.8) is 0 Å². The van der Waals surface area contributed by atoms with Crippen LogP contribution in [0.1, 0.15) is 32.1 Å². The predicted octanol–water partition coefficient (Wildman–Crippen LogP) is 1.60. The number of carbonyl (C=O) groups excluding carboxylic acids is 1. The first-order chi connectivity index (χ1) is 10.0. The van der Waals surface area contributed by atoms with Gasteiger partial charge in [-0.25, -0.2) is 18.4 Å². The van der Waals surface area contributed by atoms with E-state index in [0.717, 1.165) is 32.1 Å². The number of alkyl halides is 2. The summed E-state index contributed by atoms with van der Waals surface area (Å²) in [5.41, 5.74) is 0. The normalized spacial score (nSPS) is 17.5. The van der Waals surface area contributed by atoms with Gasteiger partial charge >= 0.3 is 12.0 Å². The highest BCUT2D eigenvalue weighted by Crippen LogP contribution is 2.26. The molecule has 8 heteroatoms. The zero-order chi connectivity index (χ0) is 15.7. The van der Waals surface area contributed by atoms with Crippen molar-refractivity contribution in [3.8, 4) is 0 Å². The van der Waals surface area contributed by atoms with Gasteiger partial charge in [0, 0.05) is 6.54 Å². The summed E-state index contributed by atoms with van der Waals surface area (Å²) in [6.07, 6.45) is 2.07. The molecule has 0 aromatic heterocycles. The molecule has 2 amide bonds. The van der Waals surface area contributed by atoms with E-state index >= 15 is 0 Å². The third-order valence-corrected chi connectivity index (χ3v) is 3.45. The Balaban J connectivity index is 2.27. The van der Waals surface area contributed by atoms with E-state index in [4.69, 9.17) is 0 Å². The third-order valence-electron chi connectivity index (χ3n) is 3.45. The molecule has 122 valence electrons. The summed E-state index contributed by atoms with van der Waals surface area (Å²) in [6, 6.07) is -1.53. The maximum Gasteiger partial charge on any atom is 0.326 e. The fourth-order valence-corrected chi connectivity index (χ4v) is 2.45. The highest BCUT2D eigenvalue weighted by molar-refractivity contribution is 5.82. The molecule has 6 nitrogen and oxygen atoms in total. The van der Waals surface area contributed by atoms with Gasteiger partial charge in [0.1, 0.15) is 12.6 Å². The minimum atomic E-state index is -2.54. The van der Waals surface area contributed by atoms with Crippen LogP contribution in [0.4, 0.5) is 13.6 Å². The number of hydrogen-bond acceptors (Lipinski definition) is 3. The van der Waals surface area contributed by atoms with Crippen molar-refractivity contribution in [2.75, 3.05) is 19.8 Å². The second-order valence-corrected chi connectivity index (χ2v) is 5.08. The van der Waals surface area contributed by atoms with E-state index in [9.17, 15) is 23.5 Å². The Labute approximate surface area is 122 Å². The molecular formula is C13H22F2N2O4. The van der Waals surface area contributed by atoms with Gasteiger partial charge in [-0.05, 0) is 18.8 Å². The Kier molecular flexibility index (Phi) is 7.96. The van der Waals surface area contributed by atoms with Crippen molar-refractivity contribution >= 4 is 12.0 Å². The van der Waals surface area contributed by atoms with Crippen LogP contribution in [-0.2, 0) is 9.53 Å².